The van der Waals surface area contributed by atoms with E-state index < -0.39 is 5.91 Å². The SMILES string of the molecule is CC(=O)c1cccc(NC(=O)Cn2cc(-c3nc(-c4ccc(Br)cc4)no3)ccc2=O)c1. The van der Waals surface area contributed by atoms with Gasteiger partial charge in [-0.05, 0) is 49.4 Å². The van der Waals surface area contributed by atoms with Gasteiger partial charge in [-0.15, -0.1) is 0 Å². The molecule has 0 aliphatic carbocycles. The number of halogens is 1. The van der Waals surface area contributed by atoms with Crippen LogP contribution >= 0.6 is 15.9 Å². The zero-order chi connectivity index (χ0) is 22.7. The first-order valence-electron chi connectivity index (χ1n) is 9.60. The molecule has 0 saturated heterocycles. The molecule has 0 unspecified atom stereocenters. The highest BCUT2D eigenvalue weighted by atomic mass is 79.9. The largest absolute Gasteiger partial charge is 0.334 e. The summed E-state index contributed by atoms with van der Waals surface area (Å²) in [7, 11) is 0. The molecule has 4 aromatic rings. The topological polar surface area (TPSA) is 107 Å². The lowest BCUT2D eigenvalue weighted by Crippen LogP contribution is -2.26. The van der Waals surface area contributed by atoms with Gasteiger partial charge in [0.25, 0.3) is 11.4 Å². The second-order valence-corrected chi connectivity index (χ2v) is 7.91. The number of carbonyl (C=O) groups excluding carboxylic acids is 2. The van der Waals surface area contributed by atoms with Gasteiger partial charge in [0.1, 0.15) is 6.54 Å². The summed E-state index contributed by atoms with van der Waals surface area (Å²) in [6.45, 7) is 1.23. The lowest BCUT2D eigenvalue weighted by molar-refractivity contribution is -0.116. The Balaban J connectivity index is 1.52. The number of nitrogens with zero attached hydrogens (tertiary/aromatic N) is 3. The number of hydrogen-bond donors (Lipinski definition) is 1. The number of pyridine rings is 1. The van der Waals surface area contributed by atoms with Crippen LogP contribution in [0.2, 0.25) is 0 Å². The summed E-state index contributed by atoms with van der Waals surface area (Å²) in [5, 5.41) is 6.68. The highest BCUT2D eigenvalue weighted by Crippen LogP contribution is 2.23. The molecule has 0 fully saturated rings. The number of hydrogen-bond acceptors (Lipinski definition) is 6. The Labute approximate surface area is 191 Å². The van der Waals surface area contributed by atoms with Crippen molar-refractivity contribution in [3.05, 3.63) is 87.3 Å². The van der Waals surface area contributed by atoms with Gasteiger partial charge in [-0.2, -0.15) is 4.98 Å². The maximum absolute atomic E-state index is 12.5. The normalized spacial score (nSPS) is 10.7. The molecule has 9 heteroatoms. The maximum atomic E-state index is 12.5. The van der Waals surface area contributed by atoms with Crippen LogP contribution in [0.4, 0.5) is 5.69 Å². The molecule has 2 aromatic carbocycles. The Hall–Kier alpha value is -3.85. The number of aromatic nitrogens is 3. The second kappa shape index (κ2) is 9.11. The number of nitrogens with one attached hydrogen (secondary N) is 1. The molecule has 0 atom stereocenters. The van der Waals surface area contributed by atoms with Crippen LogP contribution in [-0.4, -0.2) is 26.4 Å². The summed E-state index contributed by atoms with van der Waals surface area (Å²) in [6, 6.07) is 16.9. The first kappa shape index (κ1) is 21.4. The van der Waals surface area contributed by atoms with Gasteiger partial charge in [-0.1, -0.05) is 33.2 Å². The van der Waals surface area contributed by atoms with E-state index in [0.29, 0.717) is 22.6 Å². The molecular weight excluding hydrogens is 476 g/mol. The van der Waals surface area contributed by atoms with Crippen molar-refractivity contribution >= 4 is 33.3 Å². The Bertz CT molecular complexity index is 1360. The summed E-state index contributed by atoms with van der Waals surface area (Å²) < 4.78 is 7.53. The fourth-order valence-electron chi connectivity index (χ4n) is 3.01. The van der Waals surface area contributed by atoms with Crippen LogP contribution in [0.1, 0.15) is 17.3 Å². The lowest BCUT2D eigenvalue weighted by Gasteiger charge is -2.09. The van der Waals surface area contributed by atoms with Crippen LogP contribution in [-0.2, 0) is 11.3 Å². The molecule has 2 heterocycles. The highest BCUT2D eigenvalue weighted by Gasteiger charge is 2.13. The molecule has 1 amide bonds. The molecule has 32 heavy (non-hydrogen) atoms. The number of rotatable bonds is 6. The summed E-state index contributed by atoms with van der Waals surface area (Å²) in [6.07, 6.45) is 1.49. The van der Waals surface area contributed by atoms with Crippen LogP contribution < -0.4 is 10.9 Å². The third-order valence-corrected chi connectivity index (χ3v) is 5.15. The molecule has 160 valence electrons. The van der Waals surface area contributed by atoms with Gasteiger partial charge >= 0.3 is 0 Å². The summed E-state index contributed by atoms with van der Waals surface area (Å²) in [5.41, 5.74) is 1.90. The zero-order valence-electron chi connectivity index (χ0n) is 16.9. The lowest BCUT2D eigenvalue weighted by atomic mass is 10.1. The van der Waals surface area contributed by atoms with E-state index in [9.17, 15) is 14.4 Å². The third kappa shape index (κ3) is 4.89. The van der Waals surface area contributed by atoms with Gasteiger partial charge in [-0.3, -0.25) is 14.4 Å². The first-order chi connectivity index (χ1) is 15.4. The standard InChI is InChI=1S/C23H17BrN4O4/c1-14(29)16-3-2-4-19(11-16)25-20(30)13-28-12-17(7-10-21(28)31)23-26-22(27-32-23)15-5-8-18(24)9-6-15/h2-12H,13H2,1H3,(H,25,30). The summed E-state index contributed by atoms with van der Waals surface area (Å²) in [4.78, 5) is 40.6. The highest BCUT2D eigenvalue weighted by molar-refractivity contribution is 9.10. The van der Waals surface area contributed by atoms with Gasteiger partial charge in [0.15, 0.2) is 5.78 Å². The predicted molar refractivity (Wildman–Crippen MR) is 122 cm³/mol. The Kier molecular flexibility index (Phi) is 6.09. The van der Waals surface area contributed by atoms with Crippen molar-refractivity contribution in [1.82, 2.24) is 14.7 Å². The van der Waals surface area contributed by atoms with E-state index >= 15 is 0 Å². The average Bonchev–Trinajstić information content (AvgIpc) is 3.26. The van der Waals surface area contributed by atoms with E-state index in [4.69, 9.17) is 4.52 Å². The molecule has 0 bridgehead atoms. The molecule has 0 radical (unpaired) electrons. The molecule has 4 rings (SSSR count). The number of Topliss-reactive ketones (excluding diaryl/α,β-unsaturated/α-hetero) is 1. The van der Waals surface area contributed by atoms with Crippen molar-refractivity contribution in [1.29, 1.82) is 0 Å². The van der Waals surface area contributed by atoms with Gasteiger partial charge in [-0.25, -0.2) is 0 Å². The minimum atomic E-state index is -0.411. The van der Waals surface area contributed by atoms with Crippen LogP contribution in [0.3, 0.4) is 0 Å². The van der Waals surface area contributed by atoms with Crippen molar-refractivity contribution < 1.29 is 14.1 Å². The Morgan fingerprint density at radius 2 is 1.81 bits per heavy atom. The van der Waals surface area contributed by atoms with Crippen LogP contribution in [0, 0.1) is 0 Å². The number of benzene rings is 2. The van der Waals surface area contributed by atoms with E-state index in [1.165, 1.54) is 23.8 Å². The van der Waals surface area contributed by atoms with Gasteiger partial charge in [0.05, 0.1) is 5.56 Å². The zero-order valence-corrected chi connectivity index (χ0v) is 18.5. The minimum Gasteiger partial charge on any atom is -0.334 e. The third-order valence-electron chi connectivity index (χ3n) is 4.63. The molecule has 8 nitrogen and oxygen atoms in total. The molecule has 0 aliphatic rings. The molecule has 0 aliphatic heterocycles. The number of carbonyl (C=O) groups is 2. The van der Waals surface area contributed by atoms with Crippen LogP contribution in [0.5, 0.6) is 0 Å². The molecule has 1 N–H and O–H groups in total. The first-order valence-corrected chi connectivity index (χ1v) is 10.4. The number of anilines is 1. The summed E-state index contributed by atoms with van der Waals surface area (Å²) in [5.74, 6) is 0.123. The van der Waals surface area contributed by atoms with E-state index in [2.05, 4.69) is 31.4 Å². The van der Waals surface area contributed by atoms with E-state index in [1.807, 2.05) is 24.3 Å². The molecule has 0 saturated carbocycles. The fraction of sp³-hybridized carbons (Fsp3) is 0.0870. The molecular formula is C23H17BrN4O4. The predicted octanol–water partition coefficient (Wildman–Crippen LogP) is 4.17. The molecule has 0 spiro atoms. The van der Waals surface area contributed by atoms with Crippen molar-refractivity contribution in [2.75, 3.05) is 5.32 Å². The Morgan fingerprint density at radius 3 is 2.56 bits per heavy atom. The van der Waals surface area contributed by atoms with E-state index in [1.54, 1.807) is 30.3 Å². The van der Waals surface area contributed by atoms with Crippen LogP contribution in [0.25, 0.3) is 22.8 Å². The van der Waals surface area contributed by atoms with Crippen molar-refractivity contribution in [2.24, 2.45) is 0 Å². The molecule has 2 aromatic heterocycles. The smallest absolute Gasteiger partial charge is 0.259 e. The maximum Gasteiger partial charge on any atom is 0.259 e. The van der Waals surface area contributed by atoms with E-state index in [0.717, 1.165) is 10.0 Å². The number of ketones is 1. The van der Waals surface area contributed by atoms with Crippen molar-refractivity contribution in [2.45, 2.75) is 13.5 Å². The van der Waals surface area contributed by atoms with Gasteiger partial charge in [0, 0.05) is 33.6 Å². The van der Waals surface area contributed by atoms with Gasteiger partial charge < -0.3 is 14.4 Å². The quantitative estimate of drug-likeness (QED) is 0.404. The van der Waals surface area contributed by atoms with E-state index in [-0.39, 0.29) is 23.8 Å². The fourth-order valence-corrected chi connectivity index (χ4v) is 3.27. The average molecular weight is 493 g/mol. The van der Waals surface area contributed by atoms with Crippen molar-refractivity contribution in [3.63, 3.8) is 0 Å². The summed E-state index contributed by atoms with van der Waals surface area (Å²) >= 11 is 3.38. The minimum absolute atomic E-state index is 0.105. The van der Waals surface area contributed by atoms with Gasteiger partial charge in [0.2, 0.25) is 11.7 Å². The van der Waals surface area contributed by atoms with Crippen molar-refractivity contribution in [3.8, 4) is 22.8 Å². The van der Waals surface area contributed by atoms with Crippen LogP contribution in [0.15, 0.2) is 80.7 Å². The monoisotopic (exact) mass is 492 g/mol. The Morgan fingerprint density at radius 1 is 1.06 bits per heavy atom. The second-order valence-electron chi connectivity index (χ2n) is 7.00. The number of amides is 1.